The van der Waals surface area contributed by atoms with Gasteiger partial charge < -0.3 is 15.1 Å². The lowest BCUT2D eigenvalue weighted by Gasteiger charge is -2.37. The predicted molar refractivity (Wildman–Crippen MR) is 111 cm³/mol. The summed E-state index contributed by atoms with van der Waals surface area (Å²) >= 11 is 0. The highest BCUT2D eigenvalue weighted by Crippen LogP contribution is 2.31. The number of benzene rings is 3. The molecular formula is C23H17F6N3O. The van der Waals surface area contributed by atoms with Crippen molar-refractivity contribution in [3.05, 3.63) is 89.0 Å². The van der Waals surface area contributed by atoms with Crippen LogP contribution in [0.25, 0.3) is 0 Å². The molecule has 1 amide bonds. The SMILES string of the molecule is O=C(Nc1ccc(N2CCN(c3c(F)c(F)c(F)c(F)c3F)CC2)cc1)c1ccccc1F. The summed E-state index contributed by atoms with van der Waals surface area (Å²) in [7, 11) is 0. The molecule has 4 nitrogen and oxygen atoms in total. The standard InChI is InChI=1S/C23H17F6N3O/c24-16-4-2-1-3-15(16)23(33)30-13-5-7-14(8-6-13)31-9-11-32(12-10-31)22-20(28)18(26)17(25)19(27)21(22)29/h1-8H,9-12H2,(H,30,33). The van der Waals surface area contributed by atoms with Crippen LogP contribution in [0.4, 0.5) is 43.4 Å². The van der Waals surface area contributed by atoms with Crippen LogP contribution in [-0.4, -0.2) is 32.1 Å². The van der Waals surface area contributed by atoms with Gasteiger partial charge in [0, 0.05) is 37.6 Å². The van der Waals surface area contributed by atoms with Crippen molar-refractivity contribution < 1.29 is 31.1 Å². The van der Waals surface area contributed by atoms with Gasteiger partial charge in [0.05, 0.1) is 5.56 Å². The topological polar surface area (TPSA) is 35.6 Å². The zero-order valence-electron chi connectivity index (χ0n) is 17.0. The lowest BCUT2D eigenvalue weighted by molar-refractivity contribution is 0.102. The third-order valence-corrected chi connectivity index (χ3v) is 5.39. The maximum absolute atomic E-state index is 14.1. The van der Waals surface area contributed by atoms with Crippen LogP contribution < -0.4 is 15.1 Å². The number of nitrogens with one attached hydrogen (secondary N) is 1. The smallest absolute Gasteiger partial charge is 0.258 e. The Kier molecular flexibility index (Phi) is 6.17. The van der Waals surface area contributed by atoms with Crippen LogP contribution in [-0.2, 0) is 0 Å². The van der Waals surface area contributed by atoms with Crippen molar-refractivity contribution in [2.75, 3.05) is 41.3 Å². The van der Waals surface area contributed by atoms with E-state index in [2.05, 4.69) is 5.32 Å². The molecule has 0 atom stereocenters. The number of carbonyl (C=O) groups is 1. The zero-order chi connectivity index (χ0) is 23.7. The van der Waals surface area contributed by atoms with Gasteiger partial charge in [-0.25, -0.2) is 26.3 Å². The Hall–Kier alpha value is -3.69. The molecule has 1 aliphatic heterocycles. The van der Waals surface area contributed by atoms with Gasteiger partial charge in [-0.2, -0.15) is 0 Å². The molecule has 1 heterocycles. The first-order valence-electron chi connectivity index (χ1n) is 9.95. The lowest BCUT2D eigenvalue weighted by Crippen LogP contribution is -2.47. The third kappa shape index (κ3) is 4.33. The van der Waals surface area contributed by atoms with E-state index in [1.165, 1.54) is 18.2 Å². The molecule has 4 rings (SSSR count). The molecule has 0 spiro atoms. The van der Waals surface area contributed by atoms with Gasteiger partial charge in [0.1, 0.15) is 11.5 Å². The summed E-state index contributed by atoms with van der Waals surface area (Å²) < 4.78 is 82.2. The molecule has 0 saturated carbocycles. The Morgan fingerprint density at radius 3 is 1.76 bits per heavy atom. The molecule has 0 unspecified atom stereocenters. The number of nitrogens with zero attached hydrogens (tertiary/aromatic N) is 2. The van der Waals surface area contributed by atoms with E-state index in [9.17, 15) is 31.1 Å². The van der Waals surface area contributed by atoms with Crippen molar-refractivity contribution in [1.82, 2.24) is 0 Å². The van der Waals surface area contributed by atoms with Gasteiger partial charge >= 0.3 is 0 Å². The molecule has 10 heteroatoms. The van der Waals surface area contributed by atoms with Crippen molar-refractivity contribution in [3.63, 3.8) is 0 Å². The number of carbonyl (C=O) groups excluding carboxylic acids is 1. The Morgan fingerprint density at radius 2 is 1.18 bits per heavy atom. The Labute approximate surface area is 185 Å². The van der Waals surface area contributed by atoms with E-state index in [-0.39, 0.29) is 31.7 Å². The highest BCUT2D eigenvalue weighted by molar-refractivity contribution is 6.04. The minimum atomic E-state index is -2.19. The van der Waals surface area contributed by atoms with Crippen LogP contribution in [0.5, 0.6) is 0 Å². The molecule has 1 saturated heterocycles. The van der Waals surface area contributed by atoms with Crippen molar-refractivity contribution in [1.29, 1.82) is 0 Å². The van der Waals surface area contributed by atoms with E-state index < -0.39 is 46.5 Å². The van der Waals surface area contributed by atoms with Crippen LogP contribution in [0.1, 0.15) is 10.4 Å². The fraction of sp³-hybridized carbons (Fsp3) is 0.174. The van der Waals surface area contributed by atoms with Crippen molar-refractivity contribution in [3.8, 4) is 0 Å². The summed E-state index contributed by atoms with van der Waals surface area (Å²) in [6.45, 7) is 0.592. The largest absolute Gasteiger partial charge is 0.368 e. The first kappa shape index (κ1) is 22.5. The predicted octanol–water partition coefficient (Wildman–Crippen LogP) is 5.10. The molecule has 0 aliphatic carbocycles. The van der Waals surface area contributed by atoms with Gasteiger partial charge in [0.15, 0.2) is 23.3 Å². The second kappa shape index (κ2) is 9.05. The fourth-order valence-corrected chi connectivity index (χ4v) is 3.66. The van der Waals surface area contributed by atoms with Crippen LogP contribution >= 0.6 is 0 Å². The number of piperazine rings is 1. The zero-order valence-corrected chi connectivity index (χ0v) is 17.0. The maximum atomic E-state index is 14.1. The second-order valence-electron chi connectivity index (χ2n) is 7.37. The molecule has 1 aliphatic rings. The van der Waals surface area contributed by atoms with Gasteiger partial charge in [0.2, 0.25) is 5.82 Å². The van der Waals surface area contributed by atoms with E-state index in [1.54, 1.807) is 30.3 Å². The monoisotopic (exact) mass is 465 g/mol. The molecule has 1 fully saturated rings. The van der Waals surface area contributed by atoms with E-state index in [0.29, 0.717) is 5.69 Å². The summed E-state index contributed by atoms with van der Waals surface area (Å²) in [5, 5.41) is 2.59. The van der Waals surface area contributed by atoms with E-state index in [1.807, 2.05) is 4.90 Å². The quantitative estimate of drug-likeness (QED) is 0.331. The van der Waals surface area contributed by atoms with Gasteiger partial charge in [-0.1, -0.05) is 12.1 Å². The van der Waals surface area contributed by atoms with Crippen LogP contribution in [0.3, 0.4) is 0 Å². The normalized spacial score (nSPS) is 13.9. The van der Waals surface area contributed by atoms with Crippen LogP contribution in [0, 0.1) is 34.9 Å². The summed E-state index contributed by atoms with van der Waals surface area (Å²) in [5.74, 6) is -11.1. The molecule has 172 valence electrons. The molecule has 0 bridgehead atoms. The van der Waals surface area contributed by atoms with Gasteiger partial charge in [-0.3, -0.25) is 4.79 Å². The van der Waals surface area contributed by atoms with E-state index in [4.69, 9.17) is 0 Å². The average Bonchev–Trinajstić information content (AvgIpc) is 2.83. The Morgan fingerprint density at radius 1 is 0.667 bits per heavy atom. The van der Waals surface area contributed by atoms with Crippen molar-refractivity contribution in [2.45, 2.75) is 0 Å². The number of amides is 1. The highest BCUT2D eigenvalue weighted by atomic mass is 19.2. The number of hydrogen-bond acceptors (Lipinski definition) is 3. The molecule has 0 radical (unpaired) electrons. The Balaban J connectivity index is 1.42. The molecular weight excluding hydrogens is 448 g/mol. The summed E-state index contributed by atoms with van der Waals surface area (Å²) in [4.78, 5) is 15.2. The van der Waals surface area contributed by atoms with Gasteiger partial charge in [0.25, 0.3) is 5.91 Å². The summed E-state index contributed by atoms with van der Waals surface area (Å²) in [6.07, 6.45) is 0. The summed E-state index contributed by atoms with van der Waals surface area (Å²) in [6, 6.07) is 12.2. The van der Waals surface area contributed by atoms with E-state index in [0.717, 1.165) is 10.6 Å². The lowest BCUT2D eigenvalue weighted by atomic mass is 10.1. The maximum Gasteiger partial charge on any atom is 0.258 e. The molecule has 0 aromatic heterocycles. The molecule has 1 N–H and O–H groups in total. The first-order valence-corrected chi connectivity index (χ1v) is 9.95. The number of hydrogen-bond donors (Lipinski definition) is 1. The third-order valence-electron chi connectivity index (χ3n) is 5.39. The minimum Gasteiger partial charge on any atom is -0.368 e. The molecule has 3 aromatic rings. The number of halogens is 6. The first-order chi connectivity index (χ1) is 15.8. The van der Waals surface area contributed by atoms with Gasteiger partial charge in [-0.05, 0) is 36.4 Å². The van der Waals surface area contributed by atoms with Crippen molar-refractivity contribution in [2.24, 2.45) is 0 Å². The van der Waals surface area contributed by atoms with Crippen molar-refractivity contribution >= 4 is 23.0 Å². The van der Waals surface area contributed by atoms with Crippen LogP contribution in [0.2, 0.25) is 0 Å². The summed E-state index contributed by atoms with van der Waals surface area (Å²) in [5.41, 5.74) is 0.145. The second-order valence-corrected chi connectivity index (χ2v) is 7.37. The van der Waals surface area contributed by atoms with E-state index >= 15 is 0 Å². The molecule has 3 aromatic carbocycles. The molecule has 33 heavy (non-hydrogen) atoms. The number of anilines is 3. The fourth-order valence-electron chi connectivity index (χ4n) is 3.66. The van der Waals surface area contributed by atoms with Crippen LogP contribution in [0.15, 0.2) is 48.5 Å². The minimum absolute atomic E-state index is 0.0319. The Bertz CT molecular complexity index is 1160. The van der Waals surface area contributed by atoms with Gasteiger partial charge in [-0.15, -0.1) is 0 Å². The number of rotatable bonds is 4. The average molecular weight is 465 g/mol. The highest BCUT2D eigenvalue weighted by Gasteiger charge is 2.30.